The van der Waals surface area contributed by atoms with Gasteiger partial charge in [-0.1, -0.05) is 6.07 Å². The first kappa shape index (κ1) is 24.9. The molecule has 0 aliphatic heterocycles. The average Bonchev–Trinajstić information content (AvgIpc) is 3.20. The molecular weight excluding hydrogens is 444 g/mol. The summed E-state index contributed by atoms with van der Waals surface area (Å²) in [7, 11) is 1.23. The van der Waals surface area contributed by atoms with Crippen molar-refractivity contribution >= 4 is 23.5 Å². The number of rotatable bonds is 8. The van der Waals surface area contributed by atoms with Gasteiger partial charge in [-0.05, 0) is 44.5 Å². The number of aliphatic hydroxyl groups is 1. The van der Waals surface area contributed by atoms with Crippen molar-refractivity contribution in [3.8, 4) is 16.9 Å². The molecule has 0 saturated heterocycles. The van der Waals surface area contributed by atoms with Crippen LogP contribution in [0.3, 0.4) is 0 Å². The van der Waals surface area contributed by atoms with Crippen LogP contribution in [0.5, 0.6) is 5.75 Å². The van der Waals surface area contributed by atoms with Crippen LogP contribution in [-0.4, -0.2) is 75.9 Å². The smallest absolute Gasteiger partial charge is 0.416 e. The van der Waals surface area contributed by atoms with Crippen LogP contribution in [0.2, 0.25) is 0 Å². The van der Waals surface area contributed by atoms with Gasteiger partial charge in [0, 0.05) is 11.8 Å². The maximum absolute atomic E-state index is 12.9. The molecule has 0 radical (unpaired) electrons. The van der Waals surface area contributed by atoms with E-state index in [-0.39, 0.29) is 37.7 Å². The number of hydrogen-bond acceptors (Lipinski definition) is 9. The highest BCUT2D eigenvalue weighted by Crippen LogP contribution is 2.30. The van der Waals surface area contributed by atoms with Gasteiger partial charge in [0.05, 0.1) is 39.7 Å². The lowest BCUT2D eigenvalue weighted by atomic mass is 10.1. The third-order valence-electron chi connectivity index (χ3n) is 4.65. The van der Waals surface area contributed by atoms with E-state index < -0.39 is 17.7 Å². The fraction of sp³-hybridized carbons (Fsp3) is 0.391. The normalized spacial score (nSPS) is 11.4. The quantitative estimate of drug-likeness (QED) is 0.374. The molecule has 0 spiro atoms. The molecule has 1 aromatic carbocycles. The molecule has 0 unspecified atom stereocenters. The topological polar surface area (TPSA) is 136 Å². The number of nitrogens with zero attached hydrogens (tertiary/aromatic N) is 4. The van der Waals surface area contributed by atoms with Crippen molar-refractivity contribution < 1.29 is 34.0 Å². The second-order valence-electron chi connectivity index (χ2n) is 8.30. The number of phenolic OH excluding ortho intramolecular Hbond substituents is 1. The maximum Gasteiger partial charge on any atom is 0.416 e. The van der Waals surface area contributed by atoms with Gasteiger partial charge in [-0.25, -0.2) is 19.1 Å². The zero-order valence-corrected chi connectivity index (χ0v) is 19.5. The van der Waals surface area contributed by atoms with Crippen LogP contribution >= 0.6 is 0 Å². The number of amides is 1. The number of aromatic nitrogens is 3. The highest BCUT2D eigenvalue weighted by atomic mass is 16.6. The van der Waals surface area contributed by atoms with Crippen LogP contribution < -0.4 is 4.90 Å². The molecule has 0 bridgehead atoms. The first-order chi connectivity index (χ1) is 16.1. The minimum absolute atomic E-state index is 0.0374. The molecule has 0 aliphatic rings. The highest BCUT2D eigenvalue weighted by Gasteiger charge is 2.25. The Morgan fingerprint density at radius 1 is 1.18 bits per heavy atom. The zero-order valence-electron chi connectivity index (χ0n) is 19.5. The third-order valence-corrected chi connectivity index (χ3v) is 4.65. The summed E-state index contributed by atoms with van der Waals surface area (Å²) in [6.07, 6.45) is 2.62. The first-order valence-corrected chi connectivity index (χ1v) is 10.6. The Morgan fingerprint density at radius 3 is 2.59 bits per heavy atom. The Bertz CT molecular complexity index is 1170. The van der Waals surface area contributed by atoms with Gasteiger partial charge < -0.3 is 24.4 Å². The summed E-state index contributed by atoms with van der Waals surface area (Å²) >= 11 is 0. The molecule has 1 amide bonds. The van der Waals surface area contributed by atoms with Crippen molar-refractivity contribution in [1.82, 2.24) is 14.6 Å². The van der Waals surface area contributed by atoms with E-state index >= 15 is 0 Å². The van der Waals surface area contributed by atoms with E-state index in [9.17, 15) is 14.7 Å². The fourth-order valence-electron chi connectivity index (χ4n) is 3.13. The van der Waals surface area contributed by atoms with Gasteiger partial charge in [0.2, 0.25) is 0 Å². The zero-order chi connectivity index (χ0) is 24.9. The van der Waals surface area contributed by atoms with E-state index in [0.29, 0.717) is 22.6 Å². The number of aromatic hydroxyl groups is 1. The molecular formula is C23H28N4O7. The van der Waals surface area contributed by atoms with Gasteiger partial charge in [0.1, 0.15) is 22.7 Å². The number of aliphatic hydroxyl groups excluding tert-OH is 1. The summed E-state index contributed by atoms with van der Waals surface area (Å²) in [4.78, 5) is 30.6. The molecule has 2 aromatic heterocycles. The molecule has 182 valence electrons. The first-order valence-electron chi connectivity index (χ1n) is 10.6. The van der Waals surface area contributed by atoms with E-state index in [0.717, 1.165) is 0 Å². The van der Waals surface area contributed by atoms with Crippen LogP contribution in [-0.2, 0) is 14.2 Å². The molecule has 0 aliphatic carbocycles. The van der Waals surface area contributed by atoms with Crippen LogP contribution in [0.15, 0.2) is 36.7 Å². The molecule has 3 rings (SSSR count). The lowest BCUT2D eigenvalue weighted by Crippen LogP contribution is -2.39. The minimum atomic E-state index is -0.716. The SMILES string of the molecule is COC(=O)c1ccc(-c2cnn3ccc(N(CCOCCO)C(=O)OC(C)(C)C)nc23)cc1O. The van der Waals surface area contributed by atoms with E-state index in [1.54, 1.807) is 45.3 Å². The van der Waals surface area contributed by atoms with Crippen molar-refractivity contribution in [2.24, 2.45) is 0 Å². The average molecular weight is 472 g/mol. The van der Waals surface area contributed by atoms with Crippen LogP contribution in [0.25, 0.3) is 16.8 Å². The summed E-state index contributed by atoms with van der Waals surface area (Å²) < 4.78 is 17.0. The van der Waals surface area contributed by atoms with Gasteiger partial charge in [-0.2, -0.15) is 5.10 Å². The summed E-state index contributed by atoms with van der Waals surface area (Å²) in [5.74, 6) is -0.580. The molecule has 11 heteroatoms. The standard InChI is InChI=1S/C23H28N4O7/c1-23(2,3)34-22(31)26(9-11-33-12-10-28)19-7-8-27-20(25-19)17(14-24-27)15-5-6-16(18(29)13-15)21(30)32-4/h5-8,13-14,28-29H,9-12H2,1-4H3. The fourth-order valence-corrected chi connectivity index (χ4v) is 3.13. The van der Waals surface area contributed by atoms with Crippen LogP contribution in [0.1, 0.15) is 31.1 Å². The highest BCUT2D eigenvalue weighted by molar-refractivity contribution is 5.94. The van der Waals surface area contributed by atoms with Crippen molar-refractivity contribution in [2.75, 3.05) is 38.4 Å². The minimum Gasteiger partial charge on any atom is -0.507 e. The second kappa shape index (κ2) is 10.5. The molecule has 34 heavy (non-hydrogen) atoms. The van der Waals surface area contributed by atoms with Gasteiger partial charge in [-0.3, -0.25) is 4.90 Å². The predicted octanol–water partition coefficient (Wildman–Crippen LogP) is 2.64. The van der Waals surface area contributed by atoms with Crippen molar-refractivity contribution in [2.45, 2.75) is 26.4 Å². The van der Waals surface area contributed by atoms with Crippen LogP contribution in [0, 0.1) is 0 Å². The maximum atomic E-state index is 12.9. The predicted molar refractivity (Wildman–Crippen MR) is 123 cm³/mol. The lowest BCUT2D eigenvalue weighted by Gasteiger charge is -2.26. The van der Waals surface area contributed by atoms with Crippen molar-refractivity contribution in [3.63, 3.8) is 0 Å². The number of carbonyl (C=O) groups excluding carboxylic acids is 2. The Labute approximate surface area is 196 Å². The number of methoxy groups -OCH3 is 1. The number of esters is 1. The summed E-state index contributed by atoms with van der Waals surface area (Å²) in [6, 6.07) is 6.14. The Kier molecular flexibility index (Phi) is 7.69. The number of anilines is 1. The van der Waals surface area contributed by atoms with Gasteiger partial charge >= 0.3 is 12.1 Å². The van der Waals surface area contributed by atoms with Crippen molar-refractivity contribution in [3.05, 3.63) is 42.2 Å². The number of benzene rings is 1. The van der Waals surface area contributed by atoms with E-state index in [1.807, 2.05) is 0 Å². The number of ether oxygens (including phenoxy) is 3. The number of carbonyl (C=O) groups is 2. The molecule has 2 heterocycles. The molecule has 2 N–H and O–H groups in total. The number of phenols is 1. The van der Waals surface area contributed by atoms with E-state index in [2.05, 4.69) is 14.8 Å². The Hall–Kier alpha value is -3.70. The monoisotopic (exact) mass is 472 g/mol. The number of hydrogen-bond donors (Lipinski definition) is 2. The molecule has 0 fully saturated rings. The summed E-state index contributed by atoms with van der Waals surface area (Å²) in [6.45, 7) is 5.63. The summed E-state index contributed by atoms with van der Waals surface area (Å²) in [5.41, 5.74) is 0.892. The molecule has 11 nitrogen and oxygen atoms in total. The molecule has 0 saturated carbocycles. The van der Waals surface area contributed by atoms with Gasteiger partial charge in [0.25, 0.3) is 0 Å². The van der Waals surface area contributed by atoms with Crippen LogP contribution in [0.4, 0.5) is 10.6 Å². The Balaban J connectivity index is 1.98. The Morgan fingerprint density at radius 2 is 1.94 bits per heavy atom. The molecule has 3 aromatic rings. The molecule has 0 atom stereocenters. The van der Waals surface area contributed by atoms with E-state index in [4.69, 9.17) is 14.6 Å². The largest absolute Gasteiger partial charge is 0.507 e. The summed E-state index contributed by atoms with van der Waals surface area (Å²) in [5, 5.41) is 23.5. The van der Waals surface area contributed by atoms with Gasteiger partial charge in [-0.15, -0.1) is 0 Å². The van der Waals surface area contributed by atoms with E-state index in [1.165, 1.54) is 28.7 Å². The third kappa shape index (κ3) is 5.80. The van der Waals surface area contributed by atoms with Gasteiger partial charge in [0.15, 0.2) is 5.65 Å². The second-order valence-corrected chi connectivity index (χ2v) is 8.30. The van der Waals surface area contributed by atoms with Crippen molar-refractivity contribution in [1.29, 1.82) is 0 Å². The number of fused-ring (bicyclic) bond motifs is 1. The lowest BCUT2D eigenvalue weighted by molar-refractivity contribution is 0.0545.